The first-order valence-electron chi connectivity index (χ1n) is 27.2. The maximum absolute atomic E-state index is 14.1. The summed E-state index contributed by atoms with van der Waals surface area (Å²) in [4.78, 5) is 47.7. The van der Waals surface area contributed by atoms with Crippen LogP contribution in [0.2, 0.25) is 0 Å². The van der Waals surface area contributed by atoms with Crippen molar-refractivity contribution < 1.29 is 23.9 Å². The smallest absolute Gasteiger partial charge is 0.316 e. The van der Waals surface area contributed by atoms with E-state index < -0.39 is 0 Å². The van der Waals surface area contributed by atoms with Gasteiger partial charge in [0.2, 0.25) is 5.91 Å². The van der Waals surface area contributed by atoms with Crippen molar-refractivity contribution in [2.75, 3.05) is 50.8 Å². The Hall–Kier alpha value is -1.11. The van der Waals surface area contributed by atoms with Gasteiger partial charge in [-0.25, -0.2) is 0 Å². The molecule has 0 heterocycles. The second-order valence-electron chi connectivity index (χ2n) is 21.2. The molecule has 4 fully saturated rings. The lowest BCUT2D eigenvalue weighted by Gasteiger charge is -2.62. The first kappa shape index (κ1) is 57.5. The maximum Gasteiger partial charge on any atom is 0.316 e. The van der Waals surface area contributed by atoms with E-state index in [4.69, 9.17) is 33.9 Å². The van der Waals surface area contributed by atoms with Gasteiger partial charge in [0.1, 0.15) is 20.8 Å². The first-order chi connectivity index (χ1) is 31.7. The number of esters is 2. The molecule has 10 atom stereocenters. The number of rotatable bonds is 28. The number of amides is 1. The number of nitrogens with zero attached hydrogens (tertiary/aromatic N) is 3. The average Bonchev–Trinajstić information content (AvgIpc) is 3.67. The molecule has 380 valence electrons. The van der Waals surface area contributed by atoms with Crippen LogP contribution in [0.25, 0.3) is 0 Å². The topological polar surface area (TPSA) is 79.4 Å². The predicted molar refractivity (Wildman–Crippen MR) is 288 cm³/mol. The summed E-state index contributed by atoms with van der Waals surface area (Å²) in [5.74, 6) is 3.22. The minimum Gasteiger partial charge on any atom is -0.462 e. The summed E-state index contributed by atoms with van der Waals surface area (Å²) in [6.45, 7) is 25.4. The molecule has 0 N–H and O–H groups in total. The van der Waals surface area contributed by atoms with E-state index in [0.29, 0.717) is 47.8 Å². The van der Waals surface area contributed by atoms with Gasteiger partial charge in [0.15, 0.2) is 0 Å². The normalized spacial score (nSPS) is 28.3. The Morgan fingerprint density at radius 1 is 0.636 bits per heavy atom. The molecule has 4 saturated carbocycles. The second kappa shape index (κ2) is 29.3. The highest BCUT2D eigenvalue weighted by Crippen LogP contribution is 2.69. The summed E-state index contributed by atoms with van der Waals surface area (Å²) in [7, 11) is 0. The zero-order chi connectivity index (χ0) is 48.3. The van der Waals surface area contributed by atoms with Crippen LogP contribution in [0.4, 0.5) is 0 Å². The van der Waals surface area contributed by atoms with Crippen molar-refractivity contribution in [3.8, 4) is 0 Å². The Bertz CT molecular complexity index is 1500. The highest BCUT2D eigenvalue weighted by Gasteiger charge is 2.65. The minimum atomic E-state index is -0.181. The highest BCUT2D eigenvalue weighted by atomic mass is 32.2. The zero-order valence-electron chi connectivity index (χ0n) is 43.3. The summed E-state index contributed by atoms with van der Waals surface area (Å²) in [6.07, 6.45) is 24.4. The number of hydrogen-bond donors (Lipinski definition) is 0. The van der Waals surface area contributed by atoms with Gasteiger partial charge in [-0.2, -0.15) is 0 Å². The Kier molecular flexibility index (Phi) is 25.5. The Balaban J connectivity index is 1.48. The molecule has 0 radical (unpaired) electrons. The Labute approximate surface area is 423 Å². The molecular weight excluding hydrogens is 899 g/mol. The van der Waals surface area contributed by atoms with Gasteiger partial charge in [-0.3, -0.25) is 14.4 Å². The van der Waals surface area contributed by atoms with Crippen LogP contribution < -0.4 is 0 Å². The summed E-state index contributed by atoms with van der Waals surface area (Å²) in [5, 5.41) is 0. The van der Waals surface area contributed by atoms with Crippen LogP contribution in [-0.4, -0.2) is 104 Å². The van der Waals surface area contributed by atoms with E-state index in [1.54, 1.807) is 0 Å². The van der Waals surface area contributed by atoms with Crippen molar-refractivity contribution in [1.29, 1.82) is 0 Å². The van der Waals surface area contributed by atoms with Crippen molar-refractivity contribution in [2.24, 2.45) is 46.3 Å². The molecule has 0 aromatic carbocycles. The van der Waals surface area contributed by atoms with Crippen LogP contribution in [0.15, 0.2) is 0 Å². The third-order valence-electron chi connectivity index (χ3n) is 17.4. The molecule has 4 aliphatic rings. The monoisotopic (exact) mass is 994 g/mol. The number of thioether (sulfide) groups is 2. The average molecular weight is 995 g/mol. The molecule has 4 aliphatic carbocycles. The number of fused-ring (bicyclic) bond motifs is 5. The van der Waals surface area contributed by atoms with Gasteiger partial charge in [-0.1, -0.05) is 147 Å². The van der Waals surface area contributed by atoms with E-state index in [9.17, 15) is 14.4 Å². The van der Waals surface area contributed by atoms with Crippen LogP contribution in [0, 0.1) is 46.3 Å². The van der Waals surface area contributed by atoms with Gasteiger partial charge < -0.3 is 24.2 Å². The van der Waals surface area contributed by atoms with Gasteiger partial charge in [0.05, 0.1) is 11.5 Å². The summed E-state index contributed by atoms with van der Waals surface area (Å²) >= 11 is 14.2. The summed E-state index contributed by atoms with van der Waals surface area (Å²) < 4.78 is 14.5. The quantitative estimate of drug-likeness (QED) is 0.0427. The van der Waals surface area contributed by atoms with Crippen molar-refractivity contribution >= 4 is 74.4 Å². The molecule has 0 bridgehead atoms. The lowest BCUT2D eigenvalue weighted by atomic mass is 9.43. The fourth-order valence-corrected chi connectivity index (χ4v) is 15.8. The molecule has 12 heteroatoms. The molecule has 0 saturated heterocycles. The highest BCUT2D eigenvalue weighted by molar-refractivity contribution is 8.23. The standard InChI is InChI=1S/C54H95N3O5S4/c1-10-16-18-20-22-24-34-57(35-25-23-21-19-17-11-2)48(58)31-26-40(7)44-29-30-45-43-28-27-41-36-42(61-49(59)38-65-51(63)55(12-3)13-4)32-33-53(41,8)46(43)37-47(54(44,45)9)62-50(60)39-66-52(64)56(14-5)15-6/h40-47H,10-39H2,1-9H3/t40-,41-,42-,43+,44-,45+,46+,47+,53+,54-/m1/s1. The molecule has 0 aliphatic heterocycles. The van der Waals surface area contributed by atoms with E-state index in [1.807, 2.05) is 0 Å². The Morgan fingerprint density at radius 2 is 1.17 bits per heavy atom. The molecule has 0 aromatic heterocycles. The van der Waals surface area contributed by atoms with Crippen LogP contribution in [0.5, 0.6) is 0 Å². The number of unbranched alkanes of at least 4 members (excludes halogenated alkanes) is 10. The summed E-state index contributed by atoms with van der Waals surface area (Å²) in [6, 6.07) is 0. The zero-order valence-corrected chi connectivity index (χ0v) is 46.6. The van der Waals surface area contributed by atoms with Gasteiger partial charge in [-0.05, 0) is 139 Å². The number of ether oxygens (including phenoxy) is 2. The lowest BCUT2D eigenvalue weighted by Crippen LogP contribution is -2.59. The first-order valence-corrected chi connectivity index (χ1v) is 30.0. The molecule has 0 spiro atoms. The third kappa shape index (κ3) is 15.7. The van der Waals surface area contributed by atoms with Gasteiger partial charge in [0, 0.05) is 51.1 Å². The van der Waals surface area contributed by atoms with Crippen LogP contribution >= 0.6 is 48.0 Å². The predicted octanol–water partition coefficient (Wildman–Crippen LogP) is 13.8. The summed E-state index contributed by atoms with van der Waals surface area (Å²) in [5.41, 5.74) is -0.0547. The Morgan fingerprint density at radius 3 is 1.71 bits per heavy atom. The molecule has 0 aromatic rings. The number of carbonyl (C=O) groups is 3. The van der Waals surface area contributed by atoms with E-state index in [-0.39, 0.29) is 46.5 Å². The van der Waals surface area contributed by atoms with E-state index >= 15 is 0 Å². The molecule has 1 amide bonds. The van der Waals surface area contributed by atoms with Crippen LogP contribution in [-0.2, 0) is 23.9 Å². The molecule has 8 nitrogen and oxygen atoms in total. The number of carbonyl (C=O) groups excluding carboxylic acids is 3. The maximum atomic E-state index is 14.1. The van der Waals surface area contributed by atoms with Crippen molar-refractivity contribution in [3.63, 3.8) is 0 Å². The lowest BCUT2D eigenvalue weighted by molar-refractivity contribution is -0.197. The molecule has 4 rings (SSSR count). The fraction of sp³-hybridized carbons (Fsp3) is 0.907. The van der Waals surface area contributed by atoms with Crippen LogP contribution in [0.1, 0.15) is 204 Å². The second-order valence-corrected chi connectivity index (χ2v) is 24.4. The molecule has 66 heavy (non-hydrogen) atoms. The third-order valence-corrected chi connectivity index (χ3v) is 20.4. The van der Waals surface area contributed by atoms with E-state index in [1.165, 1.54) is 94.2 Å². The van der Waals surface area contributed by atoms with Gasteiger partial charge in [-0.15, -0.1) is 0 Å². The van der Waals surface area contributed by atoms with Crippen molar-refractivity contribution in [1.82, 2.24) is 14.7 Å². The molecule has 0 unspecified atom stereocenters. The number of hydrogen-bond acceptors (Lipinski definition) is 9. The van der Waals surface area contributed by atoms with Gasteiger partial charge in [0.25, 0.3) is 0 Å². The van der Waals surface area contributed by atoms with Crippen molar-refractivity contribution in [3.05, 3.63) is 0 Å². The van der Waals surface area contributed by atoms with E-state index in [2.05, 4.69) is 77.0 Å². The largest absolute Gasteiger partial charge is 0.462 e. The SMILES string of the molecule is CCCCCCCCN(CCCCCCCC)C(=O)CC[C@@H](C)[C@H]1CC[C@H]2[C@@H]3CC[C@@H]4C[C@H](OC(=O)CSC(=S)N(CC)CC)CC[C@]4(C)[C@H]3C[C@H](OC(=O)CSC(=S)N(CC)CC)[C@]12C. The number of thiocarbonyl (C=S) groups is 2. The molecular formula is C54H95N3O5S4. The van der Waals surface area contributed by atoms with Crippen LogP contribution in [0.3, 0.4) is 0 Å². The van der Waals surface area contributed by atoms with Crippen molar-refractivity contribution in [2.45, 2.75) is 216 Å². The van der Waals surface area contributed by atoms with Gasteiger partial charge >= 0.3 is 11.9 Å². The minimum absolute atomic E-state index is 0.0594. The van der Waals surface area contributed by atoms with E-state index in [0.717, 1.165) is 112 Å². The fourth-order valence-electron chi connectivity index (χ4n) is 13.4.